The van der Waals surface area contributed by atoms with Crippen LogP contribution in [0.1, 0.15) is 103 Å². The van der Waals surface area contributed by atoms with Crippen molar-refractivity contribution in [2.24, 2.45) is 4.99 Å². The average molecular weight is 322 g/mol. The van der Waals surface area contributed by atoms with Crippen LogP contribution in [0.3, 0.4) is 0 Å². The number of allylic oxidation sites excluding steroid dienone is 2. The maximum atomic E-state index is 5.54. The molecule has 0 radical (unpaired) electrons. The van der Waals surface area contributed by atoms with Gasteiger partial charge in [-0.25, -0.2) is 0 Å². The van der Waals surface area contributed by atoms with Gasteiger partial charge in [-0.2, -0.15) is 0 Å². The Morgan fingerprint density at radius 3 is 2.04 bits per heavy atom. The first kappa shape index (κ1) is 20.3. The lowest BCUT2D eigenvalue weighted by molar-refractivity contribution is 0.272. The molecule has 2 heteroatoms. The van der Waals surface area contributed by atoms with Crippen molar-refractivity contribution in [2.75, 3.05) is 13.2 Å². The highest BCUT2D eigenvalue weighted by molar-refractivity contribution is 5.76. The molecule has 0 amide bonds. The molecule has 0 saturated carbocycles. The number of hydrogen-bond acceptors (Lipinski definition) is 2. The summed E-state index contributed by atoms with van der Waals surface area (Å²) >= 11 is 0. The zero-order chi connectivity index (χ0) is 16.4. The summed E-state index contributed by atoms with van der Waals surface area (Å²) in [5.74, 6) is 1.01. The van der Waals surface area contributed by atoms with Gasteiger partial charge in [0.2, 0.25) is 0 Å². The topological polar surface area (TPSA) is 21.6 Å². The van der Waals surface area contributed by atoms with Crippen molar-refractivity contribution in [3.63, 3.8) is 0 Å². The van der Waals surface area contributed by atoms with E-state index in [0.29, 0.717) is 0 Å². The second kappa shape index (κ2) is 16.1. The van der Waals surface area contributed by atoms with Crippen LogP contribution in [-0.2, 0) is 4.74 Å². The Morgan fingerprint density at radius 2 is 1.43 bits per heavy atom. The largest absolute Gasteiger partial charge is 0.481 e. The SMILES string of the molecule is CCCCCCCC/C=C\CCCCCCCC1=NCCCO1. The summed E-state index contributed by atoms with van der Waals surface area (Å²) in [5.41, 5.74) is 0. The second-order valence-corrected chi connectivity index (χ2v) is 6.81. The number of unbranched alkanes of at least 4 members (excludes halogenated alkanes) is 11. The lowest BCUT2D eigenvalue weighted by Gasteiger charge is -2.13. The Kier molecular flexibility index (Phi) is 14.2. The van der Waals surface area contributed by atoms with Crippen LogP contribution in [0, 0.1) is 0 Å². The Bertz CT molecular complexity index is 309. The van der Waals surface area contributed by atoms with Crippen molar-refractivity contribution in [1.29, 1.82) is 0 Å². The molecule has 0 fully saturated rings. The zero-order valence-corrected chi connectivity index (χ0v) is 15.5. The van der Waals surface area contributed by atoms with Crippen LogP contribution in [0.25, 0.3) is 0 Å². The molecule has 0 aromatic heterocycles. The van der Waals surface area contributed by atoms with Crippen LogP contribution < -0.4 is 0 Å². The lowest BCUT2D eigenvalue weighted by atomic mass is 10.1. The van der Waals surface area contributed by atoms with Gasteiger partial charge in [0, 0.05) is 19.4 Å². The van der Waals surface area contributed by atoms with Gasteiger partial charge in [0.25, 0.3) is 0 Å². The van der Waals surface area contributed by atoms with E-state index in [9.17, 15) is 0 Å². The van der Waals surface area contributed by atoms with E-state index in [0.717, 1.165) is 31.9 Å². The number of nitrogens with zero attached hydrogens (tertiary/aromatic N) is 1. The smallest absolute Gasteiger partial charge is 0.183 e. The Labute approximate surface area is 144 Å². The molecule has 1 rings (SSSR count). The second-order valence-electron chi connectivity index (χ2n) is 6.81. The van der Waals surface area contributed by atoms with Crippen molar-refractivity contribution in [3.05, 3.63) is 12.2 Å². The van der Waals surface area contributed by atoms with Crippen molar-refractivity contribution in [2.45, 2.75) is 103 Å². The molecule has 0 aromatic rings. The molecule has 0 spiro atoms. The highest BCUT2D eigenvalue weighted by Gasteiger charge is 2.04. The molecule has 0 saturated heterocycles. The number of ether oxygens (including phenoxy) is 1. The van der Waals surface area contributed by atoms with Gasteiger partial charge in [-0.15, -0.1) is 0 Å². The summed E-state index contributed by atoms with van der Waals surface area (Å²) in [7, 11) is 0. The third-order valence-corrected chi connectivity index (χ3v) is 4.51. The third-order valence-electron chi connectivity index (χ3n) is 4.51. The highest BCUT2D eigenvalue weighted by Crippen LogP contribution is 2.11. The molecule has 1 aliphatic rings. The van der Waals surface area contributed by atoms with E-state index in [-0.39, 0.29) is 0 Å². The summed E-state index contributed by atoms with van der Waals surface area (Å²) in [6, 6.07) is 0. The molecule has 2 nitrogen and oxygen atoms in total. The van der Waals surface area contributed by atoms with E-state index in [2.05, 4.69) is 24.1 Å². The predicted octanol–water partition coefficient (Wildman–Crippen LogP) is 6.84. The summed E-state index contributed by atoms with van der Waals surface area (Å²) in [6.45, 7) is 4.13. The molecule has 1 heterocycles. The molecule has 23 heavy (non-hydrogen) atoms. The highest BCUT2D eigenvalue weighted by atomic mass is 16.5. The Balaban J connectivity index is 1.75. The summed E-state index contributed by atoms with van der Waals surface area (Å²) in [4.78, 5) is 4.42. The van der Waals surface area contributed by atoms with Gasteiger partial charge >= 0.3 is 0 Å². The Morgan fingerprint density at radius 1 is 0.826 bits per heavy atom. The fourth-order valence-electron chi connectivity index (χ4n) is 3.00. The molecule has 0 aliphatic carbocycles. The minimum Gasteiger partial charge on any atom is -0.481 e. The monoisotopic (exact) mass is 321 g/mol. The van der Waals surface area contributed by atoms with Gasteiger partial charge in [0.15, 0.2) is 5.90 Å². The van der Waals surface area contributed by atoms with E-state index in [1.54, 1.807) is 0 Å². The first-order valence-corrected chi connectivity index (χ1v) is 10.2. The fourth-order valence-corrected chi connectivity index (χ4v) is 3.00. The van der Waals surface area contributed by atoms with E-state index in [1.165, 1.54) is 83.5 Å². The zero-order valence-electron chi connectivity index (χ0n) is 15.5. The van der Waals surface area contributed by atoms with Crippen molar-refractivity contribution >= 4 is 5.90 Å². The number of hydrogen-bond donors (Lipinski definition) is 0. The van der Waals surface area contributed by atoms with Gasteiger partial charge in [-0.3, -0.25) is 4.99 Å². The van der Waals surface area contributed by atoms with E-state index in [1.807, 2.05) is 0 Å². The maximum Gasteiger partial charge on any atom is 0.183 e. The Hall–Kier alpha value is -0.790. The molecule has 0 aromatic carbocycles. The minimum atomic E-state index is 0.879. The summed E-state index contributed by atoms with van der Waals surface area (Å²) in [5, 5.41) is 0. The molecule has 1 aliphatic heterocycles. The van der Waals surface area contributed by atoms with Crippen LogP contribution in [0.5, 0.6) is 0 Å². The first-order chi connectivity index (χ1) is 11.4. The van der Waals surface area contributed by atoms with Gasteiger partial charge in [0.05, 0.1) is 6.61 Å². The molecule has 0 unspecified atom stereocenters. The predicted molar refractivity (Wildman–Crippen MR) is 102 cm³/mol. The summed E-state index contributed by atoms with van der Waals surface area (Å²) < 4.78 is 5.54. The van der Waals surface area contributed by atoms with Crippen LogP contribution in [0.4, 0.5) is 0 Å². The third kappa shape index (κ3) is 13.4. The van der Waals surface area contributed by atoms with E-state index in [4.69, 9.17) is 4.74 Å². The number of rotatable bonds is 15. The quantitative estimate of drug-likeness (QED) is 0.239. The summed E-state index contributed by atoms with van der Waals surface area (Å²) in [6.07, 6.45) is 24.6. The molecular formula is C21H39NO. The average Bonchev–Trinajstić information content (AvgIpc) is 2.59. The van der Waals surface area contributed by atoms with Crippen molar-refractivity contribution in [3.8, 4) is 0 Å². The van der Waals surface area contributed by atoms with E-state index < -0.39 is 0 Å². The number of aliphatic imine (C=N–C) groups is 1. The fraction of sp³-hybridized carbons (Fsp3) is 0.857. The standard InChI is InChI=1S/C21H39NO/c1-2-3-4-5-6-7-8-9-10-11-12-13-14-15-16-18-21-22-19-17-20-23-21/h9-10H,2-8,11-20H2,1H3/b10-9-. The normalized spacial score (nSPS) is 14.9. The van der Waals surface area contributed by atoms with Gasteiger partial charge in [0.1, 0.15) is 0 Å². The van der Waals surface area contributed by atoms with Crippen LogP contribution in [0.15, 0.2) is 17.1 Å². The molecule has 134 valence electrons. The van der Waals surface area contributed by atoms with Crippen molar-refractivity contribution in [1.82, 2.24) is 0 Å². The van der Waals surface area contributed by atoms with Gasteiger partial charge < -0.3 is 4.74 Å². The lowest BCUT2D eigenvalue weighted by Crippen LogP contribution is -2.13. The van der Waals surface area contributed by atoms with Gasteiger partial charge in [-0.05, 0) is 32.1 Å². The van der Waals surface area contributed by atoms with Crippen LogP contribution >= 0.6 is 0 Å². The maximum absolute atomic E-state index is 5.54. The molecule has 0 bridgehead atoms. The molecular weight excluding hydrogens is 282 g/mol. The van der Waals surface area contributed by atoms with Crippen molar-refractivity contribution < 1.29 is 4.74 Å². The molecule has 0 atom stereocenters. The van der Waals surface area contributed by atoms with Crippen LogP contribution in [0.2, 0.25) is 0 Å². The first-order valence-electron chi connectivity index (χ1n) is 10.2. The van der Waals surface area contributed by atoms with Gasteiger partial charge in [-0.1, -0.05) is 70.4 Å². The van der Waals surface area contributed by atoms with E-state index >= 15 is 0 Å². The van der Waals surface area contributed by atoms with Crippen LogP contribution in [-0.4, -0.2) is 19.0 Å². The molecule has 0 N–H and O–H groups in total. The minimum absolute atomic E-state index is 0.879.